The summed E-state index contributed by atoms with van der Waals surface area (Å²) < 4.78 is 13.8. The molecule has 4 nitrogen and oxygen atoms in total. The summed E-state index contributed by atoms with van der Waals surface area (Å²) in [5, 5.41) is 2.99. The Bertz CT molecular complexity index is 1370. The third-order valence-corrected chi connectivity index (χ3v) is 6.15. The standard InChI is InChI=1S/C30H26FN3O/c31-24-16-17-25-23(20-24)15-19-26-29(25)32-27(18-14-22-10-5-2-6-11-22)30(33-26)34-28(35)13-7-12-21-8-3-1-4-9-21/h1-6,8-11,14,16-18,20H,7,12-13,15,19H2,(H,33,34,35)/b18-14+. The van der Waals surface area contributed by atoms with Crippen LogP contribution >= 0.6 is 0 Å². The van der Waals surface area contributed by atoms with Crippen molar-refractivity contribution < 1.29 is 9.18 Å². The maximum absolute atomic E-state index is 13.8. The predicted molar refractivity (Wildman–Crippen MR) is 138 cm³/mol. The van der Waals surface area contributed by atoms with Gasteiger partial charge in [0, 0.05) is 12.0 Å². The van der Waals surface area contributed by atoms with Gasteiger partial charge in [-0.15, -0.1) is 0 Å². The third kappa shape index (κ3) is 5.52. The van der Waals surface area contributed by atoms with Crippen molar-refractivity contribution in [2.45, 2.75) is 32.1 Å². The lowest BCUT2D eigenvalue weighted by Crippen LogP contribution is -2.17. The summed E-state index contributed by atoms with van der Waals surface area (Å²) >= 11 is 0. The number of hydrogen-bond acceptors (Lipinski definition) is 3. The van der Waals surface area contributed by atoms with Crippen LogP contribution in [0.5, 0.6) is 0 Å². The Morgan fingerprint density at radius 1 is 0.914 bits per heavy atom. The number of benzene rings is 3. The zero-order chi connectivity index (χ0) is 24.0. The molecule has 35 heavy (non-hydrogen) atoms. The van der Waals surface area contributed by atoms with Gasteiger partial charge in [0.15, 0.2) is 5.82 Å². The molecule has 3 aromatic carbocycles. The van der Waals surface area contributed by atoms with Crippen molar-refractivity contribution in [3.8, 4) is 11.3 Å². The highest BCUT2D eigenvalue weighted by atomic mass is 19.1. The molecule has 0 spiro atoms. The van der Waals surface area contributed by atoms with E-state index in [0.717, 1.165) is 40.9 Å². The fraction of sp³-hybridized carbons (Fsp3) is 0.167. The van der Waals surface area contributed by atoms with Crippen molar-refractivity contribution >= 4 is 23.9 Å². The van der Waals surface area contributed by atoms with Gasteiger partial charge in [-0.3, -0.25) is 4.79 Å². The van der Waals surface area contributed by atoms with Crippen molar-refractivity contribution in [2.24, 2.45) is 0 Å². The largest absolute Gasteiger partial charge is 0.309 e. The monoisotopic (exact) mass is 463 g/mol. The van der Waals surface area contributed by atoms with Crippen molar-refractivity contribution in [1.29, 1.82) is 0 Å². The summed E-state index contributed by atoms with van der Waals surface area (Å²) in [6.45, 7) is 0. The molecule has 4 aromatic rings. The second-order valence-corrected chi connectivity index (χ2v) is 8.69. The number of halogens is 1. The molecule has 1 amide bonds. The molecule has 1 heterocycles. The normalized spacial score (nSPS) is 12.3. The number of aryl methyl sites for hydroxylation is 3. The average Bonchev–Trinajstić information content (AvgIpc) is 2.88. The van der Waals surface area contributed by atoms with Crippen molar-refractivity contribution in [3.05, 3.63) is 113 Å². The number of carbonyl (C=O) groups excluding carboxylic acids is 1. The Hall–Kier alpha value is -4.12. The zero-order valence-corrected chi connectivity index (χ0v) is 19.4. The lowest BCUT2D eigenvalue weighted by molar-refractivity contribution is -0.116. The number of nitrogens with zero attached hydrogens (tertiary/aromatic N) is 2. The Morgan fingerprint density at radius 3 is 2.49 bits per heavy atom. The molecule has 1 aromatic heterocycles. The molecule has 5 rings (SSSR count). The van der Waals surface area contributed by atoms with E-state index in [4.69, 9.17) is 9.97 Å². The molecule has 0 aliphatic heterocycles. The highest BCUT2D eigenvalue weighted by Gasteiger charge is 2.22. The molecule has 0 unspecified atom stereocenters. The van der Waals surface area contributed by atoms with Crippen LogP contribution < -0.4 is 5.32 Å². The highest BCUT2D eigenvalue weighted by Crippen LogP contribution is 2.33. The van der Waals surface area contributed by atoms with Gasteiger partial charge in [-0.05, 0) is 66.6 Å². The topological polar surface area (TPSA) is 54.9 Å². The van der Waals surface area contributed by atoms with Gasteiger partial charge >= 0.3 is 0 Å². The van der Waals surface area contributed by atoms with Gasteiger partial charge in [0.2, 0.25) is 5.91 Å². The molecule has 1 aliphatic carbocycles. The maximum Gasteiger partial charge on any atom is 0.225 e. The van der Waals surface area contributed by atoms with Gasteiger partial charge in [-0.25, -0.2) is 14.4 Å². The molecule has 5 heteroatoms. The van der Waals surface area contributed by atoms with Crippen molar-refractivity contribution in [2.75, 3.05) is 5.32 Å². The summed E-state index contributed by atoms with van der Waals surface area (Å²) in [6, 6.07) is 24.9. The first-order valence-electron chi connectivity index (χ1n) is 11.9. The second kappa shape index (κ2) is 10.4. The Kier molecular flexibility index (Phi) is 6.75. The van der Waals surface area contributed by atoms with E-state index in [1.807, 2.05) is 60.7 Å². The van der Waals surface area contributed by atoms with Crippen LogP contribution in [0.1, 0.15) is 40.9 Å². The number of nitrogens with one attached hydrogen (secondary N) is 1. The molecule has 174 valence electrons. The van der Waals surface area contributed by atoms with E-state index in [-0.39, 0.29) is 11.7 Å². The molecule has 0 bridgehead atoms. The quantitative estimate of drug-likeness (QED) is 0.340. The van der Waals surface area contributed by atoms with Gasteiger partial charge in [0.05, 0.1) is 11.4 Å². The Morgan fingerprint density at radius 2 is 1.69 bits per heavy atom. The van der Waals surface area contributed by atoms with Crippen LogP contribution in [0.25, 0.3) is 23.4 Å². The smallest absolute Gasteiger partial charge is 0.225 e. The Balaban J connectivity index is 1.41. The van der Waals surface area contributed by atoms with E-state index in [2.05, 4.69) is 17.4 Å². The number of hydrogen-bond donors (Lipinski definition) is 1. The van der Waals surface area contributed by atoms with Crippen LogP contribution in [0.4, 0.5) is 10.2 Å². The van der Waals surface area contributed by atoms with Crippen LogP contribution in [0.15, 0.2) is 78.9 Å². The van der Waals surface area contributed by atoms with Crippen LogP contribution in [-0.4, -0.2) is 15.9 Å². The SMILES string of the molecule is O=C(CCCc1ccccc1)Nc1nc2c(nc1/C=C/c1ccccc1)-c1ccc(F)cc1CC2. The summed E-state index contributed by atoms with van der Waals surface area (Å²) in [6.07, 6.45) is 7.17. The van der Waals surface area contributed by atoms with E-state index in [9.17, 15) is 9.18 Å². The molecule has 0 fully saturated rings. The number of rotatable bonds is 7. The van der Waals surface area contributed by atoms with E-state index < -0.39 is 0 Å². The van der Waals surface area contributed by atoms with Crippen LogP contribution in [0.3, 0.4) is 0 Å². The van der Waals surface area contributed by atoms with Gasteiger partial charge in [0.1, 0.15) is 11.5 Å². The van der Waals surface area contributed by atoms with Crippen LogP contribution in [-0.2, 0) is 24.1 Å². The maximum atomic E-state index is 13.8. The summed E-state index contributed by atoms with van der Waals surface area (Å²) in [4.78, 5) is 22.5. The molecule has 0 saturated carbocycles. The van der Waals surface area contributed by atoms with Gasteiger partial charge in [-0.1, -0.05) is 66.7 Å². The molecule has 0 radical (unpaired) electrons. The van der Waals surface area contributed by atoms with E-state index in [0.29, 0.717) is 30.8 Å². The van der Waals surface area contributed by atoms with Crippen LogP contribution in [0.2, 0.25) is 0 Å². The first-order chi connectivity index (χ1) is 17.2. The fourth-order valence-electron chi connectivity index (χ4n) is 4.37. The zero-order valence-electron chi connectivity index (χ0n) is 19.4. The lowest BCUT2D eigenvalue weighted by atomic mass is 9.91. The number of carbonyl (C=O) groups is 1. The van der Waals surface area contributed by atoms with Crippen LogP contribution in [0, 0.1) is 5.82 Å². The van der Waals surface area contributed by atoms with E-state index in [1.165, 1.54) is 11.6 Å². The number of anilines is 1. The van der Waals surface area contributed by atoms with Gasteiger partial charge < -0.3 is 5.32 Å². The minimum absolute atomic E-state index is 0.0807. The molecular formula is C30H26FN3O. The number of aromatic nitrogens is 2. The highest BCUT2D eigenvalue weighted by molar-refractivity contribution is 5.92. The minimum atomic E-state index is -0.247. The molecule has 0 saturated heterocycles. The number of amides is 1. The first-order valence-corrected chi connectivity index (χ1v) is 11.9. The summed E-state index contributed by atoms with van der Waals surface area (Å²) in [5.74, 6) is 0.137. The third-order valence-electron chi connectivity index (χ3n) is 6.15. The summed E-state index contributed by atoms with van der Waals surface area (Å²) in [5.41, 5.74) is 6.23. The van der Waals surface area contributed by atoms with Gasteiger partial charge in [0.25, 0.3) is 0 Å². The van der Waals surface area contributed by atoms with Gasteiger partial charge in [-0.2, -0.15) is 0 Å². The average molecular weight is 464 g/mol. The number of fused-ring (bicyclic) bond motifs is 3. The van der Waals surface area contributed by atoms with E-state index in [1.54, 1.807) is 12.1 Å². The minimum Gasteiger partial charge on any atom is -0.309 e. The van der Waals surface area contributed by atoms with Crippen molar-refractivity contribution in [1.82, 2.24) is 9.97 Å². The predicted octanol–water partition coefficient (Wildman–Crippen LogP) is 6.51. The fourth-order valence-corrected chi connectivity index (χ4v) is 4.37. The van der Waals surface area contributed by atoms with E-state index >= 15 is 0 Å². The lowest BCUT2D eigenvalue weighted by Gasteiger charge is -2.20. The Labute approximate surface area is 204 Å². The first kappa shape index (κ1) is 22.7. The summed E-state index contributed by atoms with van der Waals surface area (Å²) in [7, 11) is 0. The molecule has 1 aliphatic rings. The van der Waals surface area contributed by atoms with Crippen molar-refractivity contribution in [3.63, 3.8) is 0 Å². The molecular weight excluding hydrogens is 437 g/mol. The molecule has 0 atom stereocenters. The second-order valence-electron chi connectivity index (χ2n) is 8.69. The molecule has 1 N–H and O–H groups in total.